The number of alkyl halides is 1. The van der Waals surface area contributed by atoms with Crippen LogP contribution in [0.15, 0.2) is 12.3 Å². The van der Waals surface area contributed by atoms with Crippen molar-refractivity contribution in [2.45, 2.75) is 63.2 Å². The predicted molar refractivity (Wildman–Crippen MR) is 75.6 cm³/mol. The van der Waals surface area contributed by atoms with E-state index in [9.17, 15) is 0 Å². The average molecular weight is 299 g/mol. The first-order valence-corrected chi connectivity index (χ1v) is 7.76. The second kappa shape index (κ2) is 6.03. The fourth-order valence-corrected chi connectivity index (χ4v) is 2.73. The highest BCUT2D eigenvalue weighted by Crippen LogP contribution is 2.29. The molecule has 2 nitrogen and oxygen atoms in total. The first kappa shape index (κ1) is 13.1. The predicted octanol–water partition coefficient (Wildman–Crippen LogP) is 4.35. The maximum atomic E-state index is 4.72. The molecule has 2 rings (SSSR count). The van der Waals surface area contributed by atoms with Gasteiger partial charge >= 0.3 is 0 Å². The van der Waals surface area contributed by atoms with Crippen LogP contribution in [0.25, 0.3) is 0 Å². The third kappa shape index (κ3) is 3.57. The summed E-state index contributed by atoms with van der Waals surface area (Å²) in [5.74, 6) is 0.701. The monoisotopic (exact) mass is 298 g/mol. The molecule has 0 aromatic carbocycles. The van der Waals surface area contributed by atoms with E-state index in [0.717, 1.165) is 6.42 Å². The van der Waals surface area contributed by atoms with Crippen LogP contribution < -0.4 is 0 Å². The van der Waals surface area contributed by atoms with Crippen LogP contribution in [0.4, 0.5) is 0 Å². The molecule has 1 fully saturated rings. The van der Waals surface area contributed by atoms with Gasteiger partial charge in [0.05, 0.1) is 11.7 Å². The molecule has 1 unspecified atom stereocenters. The van der Waals surface area contributed by atoms with Gasteiger partial charge in [-0.2, -0.15) is 5.10 Å². The summed E-state index contributed by atoms with van der Waals surface area (Å²) >= 11 is 3.74. The Bertz CT molecular complexity index is 340. The van der Waals surface area contributed by atoms with Gasteiger partial charge in [0, 0.05) is 11.0 Å². The number of hydrogen-bond donors (Lipinski definition) is 0. The van der Waals surface area contributed by atoms with Crippen LogP contribution in [0, 0.1) is 5.92 Å². The van der Waals surface area contributed by atoms with Gasteiger partial charge in [-0.15, -0.1) is 0 Å². The molecule has 96 valence electrons. The lowest BCUT2D eigenvalue weighted by atomic mass is 10.1. The Morgan fingerprint density at radius 1 is 1.41 bits per heavy atom. The molecule has 17 heavy (non-hydrogen) atoms. The molecule has 0 aliphatic heterocycles. The lowest BCUT2D eigenvalue weighted by molar-refractivity contribution is 0.461. The van der Waals surface area contributed by atoms with Gasteiger partial charge in [0.1, 0.15) is 0 Å². The summed E-state index contributed by atoms with van der Waals surface area (Å²) in [5.41, 5.74) is 1.25. The van der Waals surface area contributed by atoms with Crippen molar-refractivity contribution >= 4 is 15.9 Å². The van der Waals surface area contributed by atoms with E-state index >= 15 is 0 Å². The van der Waals surface area contributed by atoms with Crippen molar-refractivity contribution in [2.24, 2.45) is 5.92 Å². The lowest BCUT2D eigenvalue weighted by Gasteiger charge is -2.12. The highest BCUT2D eigenvalue weighted by molar-refractivity contribution is 9.09. The Hall–Kier alpha value is -0.310. The summed E-state index contributed by atoms with van der Waals surface area (Å²) in [6.45, 7) is 4.52. The van der Waals surface area contributed by atoms with E-state index in [1.165, 1.54) is 37.8 Å². The summed E-state index contributed by atoms with van der Waals surface area (Å²) in [6.07, 6.45) is 9.81. The number of aryl methyl sites for hydroxylation is 1. The lowest BCUT2D eigenvalue weighted by Crippen LogP contribution is -2.09. The quantitative estimate of drug-likeness (QED) is 0.739. The topological polar surface area (TPSA) is 17.8 Å². The fraction of sp³-hybridized carbons (Fsp3) is 0.786. The van der Waals surface area contributed by atoms with Gasteiger partial charge in [-0.05, 0) is 37.7 Å². The smallest absolute Gasteiger partial charge is 0.0625 e. The van der Waals surface area contributed by atoms with Gasteiger partial charge in [0.2, 0.25) is 0 Å². The van der Waals surface area contributed by atoms with Crippen molar-refractivity contribution in [3.63, 3.8) is 0 Å². The van der Waals surface area contributed by atoms with Gasteiger partial charge in [-0.3, -0.25) is 4.68 Å². The Labute approximate surface area is 113 Å². The van der Waals surface area contributed by atoms with E-state index < -0.39 is 0 Å². The van der Waals surface area contributed by atoms with Gasteiger partial charge < -0.3 is 0 Å². The van der Waals surface area contributed by atoms with Crippen LogP contribution in [0.5, 0.6) is 0 Å². The fourth-order valence-electron chi connectivity index (χ4n) is 2.50. The van der Waals surface area contributed by atoms with Crippen molar-refractivity contribution in [2.75, 3.05) is 0 Å². The maximum absolute atomic E-state index is 4.72. The summed E-state index contributed by atoms with van der Waals surface area (Å²) in [5, 5.41) is 4.72. The zero-order chi connectivity index (χ0) is 12.3. The van der Waals surface area contributed by atoms with Crippen LogP contribution >= 0.6 is 15.9 Å². The molecular weight excluding hydrogens is 276 g/mol. The van der Waals surface area contributed by atoms with Gasteiger partial charge in [-0.1, -0.05) is 42.6 Å². The largest absolute Gasteiger partial charge is 0.269 e. The minimum atomic E-state index is 0.610. The highest BCUT2D eigenvalue weighted by Gasteiger charge is 2.17. The molecule has 1 aromatic rings. The molecule has 0 spiro atoms. The minimum absolute atomic E-state index is 0.610. The van der Waals surface area contributed by atoms with Crippen molar-refractivity contribution in [1.29, 1.82) is 0 Å². The SMILES string of the molecule is CC(C)C(Br)CCc1ccn(C2CCCC2)n1. The van der Waals surface area contributed by atoms with E-state index in [4.69, 9.17) is 5.10 Å². The molecular formula is C14H23BrN2. The molecule has 1 heterocycles. The third-order valence-corrected chi connectivity index (χ3v) is 5.28. The summed E-state index contributed by atoms with van der Waals surface area (Å²) in [6, 6.07) is 2.87. The standard InChI is InChI=1S/C14H23BrN2/c1-11(2)14(15)8-7-12-9-10-17(16-12)13-5-3-4-6-13/h9-11,13-14H,3-8H2,1-2H3. The van der Waals surface area contributed by atoms with E-state index in [2.05, 4.69) is 46.7 Å². The van der Waals surface area contributed by atoms with Crippen molar-refractivity contribution in [3.8, 4) is 0 Å². The van der Waals surface area contributed by atoms with Crippen LogP contribution in [-0.4, -0.2) is 14.6 Å². The number of nitrogens with zero attached hydrogens (tertiary/aromatic N) is 2. The van der Waals surface area contributed by atoms with Crippen molar-refractivity contribution < 1.29 is 0 Å². The number of hydrogen-bond acceptors (Lipinski definition) is 1. The van der Waals surface area contributed by atoms with Crippen LogP contribution in [0.3, 0.4) is 0 Å². The summed E-state index contributed by atoms with van der Waals surface area (Å²) < 4.78 is 2.20. The Morgan fingerprint density at radius 2 is 2.12 bits per heavy atom. The number of rotatable bonds is 5. The normalized spacial score (nSPS) is 19.1. The zero-order valence-electron chi connectivity index (χ0n) is 10.9. The molecule has 1 aliphatic rings. The third-order valence-electron chi connectivity index (χ3n) is 3.76. The Kier molecular flexibility index (Phi) is 4.66. The van der Waals surface area contributed by atoms with Crippen molar-refractivity contribution in [1.82, 2.24) is 9.78 Å². The minimum Gasteiger partial charge on any atom is -0.269 e. The first-order valence-electron chi connectivity index (χ1n) is 6.85. The molecule has 1 aromatic heterocycles. The summed E-state index contributed by atoms with van der Waals surface area (Å²) in [4.78, 5) is 0.610. The zero-order valence-corrected chi connectivity index (χ0v) is 12.5. The second-order valence-corrected chi connectivity index (χ2v) is 6.70. The molecule has 1 saturated carbocycles. The van der Waals surface area contributed by atoms with Gasteiger partial charge in [-0.25, -0.2) is 0 Å². The molecule has 0 bridgehead atoms. The van der Waals surface area contributed by atoms with E-state index in [-0.39, 0.29) is 0 Å². The first-order chi connectivity index (χ1) is 8.16. The molecule has 0 saturated heterocycles. The van der Waals surface area contributed by atoms with E-state index in [1.54, 1.807) is 0 Å². The number of aromatic nitrogens is 2. The number of halogens is 1. The van der Waals surface area contributed by atoms with Crippen LogP contribution in [0.2, 0.25) is 0 Å². The maximum Gasteiger partial charge on any atom is 0.0625 e. The second-order valence-electron chi connectivity index (χ2n) is 5.52. The summed E-state index contributed by atoms with van der Waals surface area (Å²) in [7, 11) is 0. The van der Waals surface area contributed by atoms with Gasteiger partial charge in [0.15, 0.2) is 0 Å². The van der Waals surface area contributed by atoms with Gasteiger partial charge in [0.25, 0.3) is 0 Å². The van der Waals surface area contributed by atoms with Crippen LogP contribution in [-0.2, 0) is 6.42 Å². The van der Waals surface area contributed by atoms with Crippen LogP contribution in [0.1, 0.15) is 57.7 Å². The average Bonchev–Trinajstić information content (AvgIpc) is 2.95. The Balaban J connectivity index is 1.85. The van der Waals surface area contributed by atoms with E-state index in [1.807, 2.05) is 0 Å². The Morgan fingerprint density at radius 3 is 2.76 bits per heavy atom. The van der Waals surface area contributed by atoms with E-state index in [0.29, 0.717) is 16.8 Å². The molecule has 0 N–H and O–H groups in total. The molecule has 0 radical (unpaired) electrons. The molecule has 1 atom stereocenters. The molecule has 3 heteroatoms. The molecule has 1 aliphatic carbocycles. The molecule has 0 amide bonds. The highest BCUT2D eigenvalue weighted by atomic mass is 79.9. The van der Waals surface area contributed by atoms with Crippen molar-refractivity contribution in [3.05, 3.63) is 18.0 Å².